The molecule has 8 heteroatoms. The molecule has 0 amide bonds. The zero-order valence-corrected chi connectivity index (χ0v) is 19.9. The molecule has 33 heavy (non-hydrogen) atoms. The van der Waals surface area contributed by atoms with Gasteiger partial charge in [-0.1, -0.05) is 17.7 Å². The van der Waals surface area contributed by atoms with Crippen molar-refractivity contribution in [1.29, 1.82) is 0 Å². The summed E-state index contributed by atoms with van der Waals surface area (Å²) < 4.78 is 43.4. The lowest BCUT2D eigenvalue weighted by Crippen LogP contribution is -2.16. The van der Waals surface area contributed by atoms with Crippen LogP contribution in [0.4, 0.5) is 5.88 Å². The van der Waals surface area contributed by atoms with Gasteiger partial charge in [0.15, 0.2) is 0 Å². The summed E-state index contributed by atoms with van der Waals surface area (Å²) in [5, 5.41) is 3.09. The maximum absolute atomic E-state index is 13.4. The third-order valence-electron chi connectivity index (χ3n) is 5.93. The van der Waals surface area contributed by atoms with Crippen molar-refractivity contribution in [3.8, 4) is 17.2 Å². The van der Waals surface area contributed by atoms with Crippen molar-refractivity contribution < 1.29 is 22.3 Å². The molecule has 0 aliphatic carbocycles. The number of sulfone groups is 1. The molecule has 0 saturated carbocycles. The van der Waals surface area contributed by atoms with E-state index < -0.39 is 9.84 Å². The van der Waals surface area contributed by atoms with Gasteiger partial charge in [0.1, 0.15) is 5.75 Å². The highest BCUT2D eigenvalue weighted by atomic mass is 32.2. The number of ether oxygens (including phenoxy) is 2. The van der Waals surface area contributed by atoms with E-state index in [4.69, 9.17) is 13.9 Å². The summed E-state index contributed by atoms with van der Waals surface area (Å²) in [6.07, 6.45) is 4.14. The lowest BCUT2D eigenvalue weighted by atomic mass is 9.95. The highest BCUT2D eigenvalue weighted by Gasteiger charge is 2.28. The van der Waals surface area contributed by atoms with Gasteiger partial charge in [-0.05, 0) is 74.9 Å². The smallest absolute Gasteiger partial charge is 0.233 e. The number of aryl methyl sites for hydroxylation is 1. The van der Waals surface area contributed by atoms with E-state index in [2.05, 4.69) is 10.3 Å². The van der Waals surface area contributed by atoms with Gasteiger partial charge in [-0.25, -0.2) is 8.42 Å². The fourth-order valence-electron chi connectivity index (χ4n) is 3.91. The van der Waals surface area contributed by atoms with Gasteiger partial charge in [-0.2, -0.15) is 4.98 Å². The molecule has 7 nitrogen and oxygen atoms in total. The molecular weight excluding hydrogens is 440 g/mol. The van der Waals surface area contributed by atoms with E-state index in [0.29, 0.717) is 23.8 Å². The fourth-order valence-corrected chi connectivity index (χ4v) is 5.19. The van der Waals surface area contributed by atoms with Crippen molar-refractivity contribution in [2.24, 2.45) is 5.92 Å². The van der Waals surface area contributed by atoms with Crippen molar-refractivity contribution >= 4 is 15.7 Å². The van der Waals surface area contributed by atoms with Crippen LogP contribution in [0.1, 0.15) is 31.2 Å². The molecule has 176 valence electrons. The summed E-state index contributed by atoms with van der Waals surface area (Å²) in [4.78, 5) is 4.59. The maximum atomic E-state index is 13.4. The van der Waals surface area contributed by atoms with E-state index in [-0.39, 0.29) is 21.7 Å². The van der Waals surface area contributed by atoms with Gasteiger partial charge in [0, 0.05) is 25.3 Å². The summed E-state index contributed by atoms with van der Waals surface area (Å²) in [6.45, 7) is 4.17. The number of oxazole rings is 1. The Morgan fingerprint density at radius 1 is 1.06 bits per heavy atom. The first-order valence-corrected chi connectivity index (χ1v) is 12.7. The van der Waals surface area contributed by atoms with Gasteiger partial charge in [-0.3, -0.25) is 0 Å². The minimum atomic E-state index is -3.85. The molecule has 0 unspecified atom stereocenters. The predicted molar refractivity (Wildman–Crippen MR) is 126 cm³/mol. The van der Waals surface area contributed by atoms with Crippen LogP contribution < -0.4 is 10.1 Å². The first-order chi connectivity index (χ1) is 16.0. The lowest BCUT2D eigenvalue weighted by Gasteiger charge is -2.21. The molecule has 0 radical (unpaired) electrons. The van der Waals surface area contributed by atoms with Crippen molar-refractivity contribution in [2.75, 3.05) is 32.2 Å². The standard InChI is InChI=1S/C25H30N2O5S/c1-18-5-11-22(12-6-18)33(28,29)25-24(26-15-3-4-19-13-16-31-17-14-19)32-23(27-25)20-7-9-21(30-2)10-8-20/h5-12,19,26H,3-4,13-17H2,1-2H3. The van der Waals surface area contributed by atoms with Gasteiger partial charge < -0.3 is 19.2 Å². The van der Waals surface area contributed by atoms with Gasteiger partial charge in [0.25, 0.3) is 0 Å². The van der Waals surface area contributed by atoms with Crippen LogP contribution in [0.25, 0.3) is 11.5 Å². The van der Waals surface area contributed by atoms with E-state index in [1.807, 2.05) is 6.92 Å². The summed E-state index contributed by atoms with van der Waals surface area (Å²) >= 11 is 0. The monoisotopic (exact) mass is 470 g/mol. The quantitative estimate of drug-likeness (QED) is 0.435. The molecule has 2 heterocycles. The number of methoxy groups -OCH3 is 1. The Kier molecular flexibility index (Phi) is 7.35. The number of anilines is 1. The Hall–Kier alpha value is -2.84. The molecule has 1 N–H and O–H groups in total. The number of rotatable bonds is 9. The molecule has 1 aromatic heterocycles. The van der Waals surface area contributed by atoms with Crippen molar-refractivity contribution in [3.63, 3.8) is 0 Å². The third kappa shape index (κ3) is 5.57. The van der Waals surface area contributed by atoms with Crippen LogP contribution in [0, 0.1) is 12.8 Å². The average molecular weight is 471 g/mol. The summed E-state index contributed by atoms with van der Waals surface area (Å²) in [6, 6.07) is 13.9. The van der Waals surface area contributed by atoms with Gasteiger partial charge in [0.2, 0.25) is 26.6 Å². The minimum Gasteiger partial charge on any atom is -0.497 e. The Balaban J connectivity index is 1.58. The molecule has 1 saturated heterocycles. The van der Waals surface area contributed by atoms with Crippen molar-refractivity contribution in [1.82, 2.24) is 4.98 Å². The second kappa shape index (κ2) is 10.4. The molecule has 2 aromatic carbocycles. The molecule has 1 aliphatic rings. The zero-order chi connectivity index (χ0) is 23.3. The second-order valence-electron chi connectivity index (χ2n) is 8.32. The number of benzene rings is 2. The minimum absolute atomic E-state index is 0.0942. The SMILES string of the molecule is COc1ccc(-c2nc(S(=O)(=O)c3ccc(C)cc3)c(NCCCC3CCOCC3)o2)cc1. The highest BCUT2D eigenvalue weighted by Crippen LogP contribution is 2.33. The number of hydrogen-bond donors (Lipinski definition) is 1. The molecule has 1 aliphatic heterocycles. The number of nitrogens with zero attached hydrogens (tertiary/aromatic N) is 1. The average Bonchev–Trinajstić information content (AvgIpc) is 3.28. The predicted octanol–water partition coefficient (Wildman–Crippen LogP) is 5.11. The second-order valence-corrected chi connectivity index (χ2v) is 10.2. The van der Waals surface area contributed by atoms with E-state index >= 15 is 0 Å². The Morgan fingerprint density at radius 3 is 2.42 bits per heavy atom. The Morgan fingerprint density at radius 2 is 1.76 bits per heavy atom. The fraction of sp³-hybridized carbons (Fsp3) is 0.400. The van der Waals surface area contributed by atoms with Crippen LogP contribution in [0.2, 0.25) is 0 Å². The first-order valence-electron chi connectivity index (χ1n) is 11.3. The summed E-state index contributed by atoms with van der Waals surface area (Å²) in [5.74, 6) is 1.77. The van der Waals surface area contributed by atoms with Gasteiger partial charge in [0.05, 0.1) is 12.0 Å². The van der Waals surface area contributed by atoms with Crippen molar-refractivity contribution in [3.05, 3.63) is 54.1 Å². The van der Waals surface area contributed by atoms with Crippen LogP contribution in [-0.4, -0.2) is 40.3 Å². The van der Waals surface area contributed by atoms with E-state index in [1.165, 1.54) is 0 Å². The van der Waals surface area contributed by atoms with E-state index in [9.17, 15) is 8.42 Å². The first kappa shape index (κ1) is 23.3. The van der Waals surface area contributed by atoms with Crippen LogP contribution >= 0.6 is 0 Å². The third-order valence-corrected chi connectivity index (χ3v) is 7.61. The van der Waals surface area contributed by atoms with Crippen LogP contribution in [0.15, 0.2) is 62.9 Å². The number of aromatic nitrogens is 1. The van der Waals surface area contributed by atoms with Gasteiger partial charge >= 0.3 is 0 Å². The van der Waals surface area contributed by atoms with Crippen LogP contribution in [-0.2, 0) is 14.6 Å². The zero-order valence-electron chi connectivity index (χ0n) is 19.0. The molecule has 3 aromatic rings. The molecular formula is C25H30N2O5S. The summed E-state index contributed by atoms with van der Waals surface area (Å²) in [5.41, 5.74) is 1.66. The molecule has 0 bridgehead atoms. The topological polar surface area (TPSA) is 90.7 Å². The molecule has 0 spiro atoms. The van der Waals surface area contributed by atoms with E-state index in [1.54, 1.807) is 55.6 Å². The molecule has 0 atom stereocenters. The number of hydrogen-bond acceptors (Lipinski definition) is 7. The number of nitrogens with one attached hydrogen (secondary N) is 1. The lowest BCUT2D eigenvalue weighted by molar-refractivity contribution is 0.0636. The van der Waals surface area contributed by atoms with Crippen molar-refractivity contribution in [2.45, 2.75) is 42.5 Å². The molecule has 4 rings (SSSR count). The van der Waals surface area contributed by atoms with Crippen LogP contribution in [0.5, 0.6) is 5.75 Å². The van der Waals surface area contributed by atoms with E-state index in [0.717, 1.165) is 44.5 Å². The largest absolute Gasteiger partial charge is 0.497 e. The maximum Gasteiger partial charge on any atom is 0.233 e. The Bertz CT molecular complexity index is 1150. The summed E-state index contributed by atoms with van der Waals surface area (Å²) in [7, 11) is -2.26. The normalized spacial score (nSPS) is 14.8. The highest BCUT2D eigenvalue weighted by molar-refractivity contribution is 7.91. The molecule has 1 fully saturated rings. The Labute approximate surface area is 195 Å². The van der Waals surface area contributed by atoms with Crippen LogP contribution in [0.3, 0.4) is 0 Å². The van der Waals surface area contributed by atoms with Gasteiger partial charge in [-0.15, -0.1) is 0 Å².